The van der Waals surface area contributed by atoms with Crippen LogP contribution in [0.4, 0.5) is 13.2 Å². The van der Waals surface area contributed by atoms with E-state index in [1.165, 1.54) is 0 Å². The number of benzene rings is 2. The first-order chi connectivity index (χ1) is 10.9. The van der Waals surface area contributed by atoms with Crippen molar-refractivity contribution in [1.29, 1.82) is 0 Å². The molecule has 0 saturated carbocycles. The molecule has 6 heteroatoms. The third-order valence-corrected chi connectivity index (χ3v) is 3.51. The minimum absolute atomic E-state index is 0.0727. The highest BCUT2D eigenvalue weighted by Gasteiger charge is 2.37. The summed E-state index contributed by atoms with van der Waals surface area (Å²) in [6.07, 6.45) is -4.50. The Hall–Kier alpha value is -2.50. The fourth-order valence-electron chi connectivity index (χ4n) is 2.41. The lowest BCUT2D eigenvalue weighted by molar-refractivity contribution is -0.147. The first-order valence-corrected chi connectivity index (χ1v) is 7.17. The number of nitrogens with zero attached hydrogens (tertiary/aromatic N) is 2. The number of halogens is 3. The van der Waals surface area contributed by atoms with Gasteiger partial charge in [-0.15, -0.1) is 0 Å². The van der Waals surface area contributed by atoms with Crippen LogP contribution in [-0.2, 0) is 12.7 Å². The summed E-state index contributed by atoms with van der Waals surface area (Å²) in [6.45, 7) is 2.16. The van der Waals surface area contributed by atoms with Crippen LogP contribution < -0.4 is 4.74 Å². The topological polar surface area (TPSA) is 27.1 Å². The van der Waals surface area contributed by atoms with Gasteiger partial charge in [-0.05, 0) is 31.2 Å². The molecular formula is C17H15F3N2O. The van der Waals surface area contributed by atoms with Gasteiger partial charge in [-0.2, -0.15) is 13.2 Å². The zero-order valence-corrected chi connectivity index (χ0v) is 12.5. The van der Waals surface area contributed by atoms with Gasteiger partial charge in [0.05, 0.1) is 17.6 Å². The molecule has 3 aromatic rings. The van der Waals surface area contributed by atoms with Gasteiger partial charge in [0, 0.05) is 0 Å². The van der Waals surface area contributed by atoms with Crippen LogP contribution in [0.5, 0.6) is 5.75 Å². The first-order valence-electron chi connectivity index (χ1n) is 7.17. The zero-order chi connectivity index (χ0) is 16.4. The molecule has 23 heavy (non-hydrogen) atoms. The van der Waals surface area contributed by atoms with E-state index in [4.69, 9.17) is 4.74 Å². The van der Waals surface area contributed by atoms with Crippen LogP contribution in [0.25, 0.3) is 11.0 Å². The molecule has 2 aromatic carbocycles. The average Bonchev–Trinajstić information content (AvgIpc) is 2.89. The normalized spacial score (nSPS) is 11.8. The Kier molecular flexibility index (Phi) is 3.98. The molecular weight excluding hydrogens is 305 g/mol. The Labute approximate surface area is 131 Å². The van der Waals surface area contributed by atoms with E-state index in [9.17, 15) is 13.2 Å². The van der Waals surface area contributed by atoms with Gasteiger partial charge in [0.25, 0.3) is 0 Å². The van der Waals surface area contributed by atoms with Crippen molar-refractivity contribution in [3.63, 3.8) is 0 Å². The number of ether oxygens (including phenoxy) is 1. The molecule has 0 aliphatic rings. The van der Waals surface area contributed by atoms with Gasteiger partial charge in [0.1, 0.15) is 12.4 Å². The lowest BCUT2D eigenvalue weighted by Crippen LogP contribution is -2.18. The standard InChI is InChI=1S/C17H15F3N2O/c1-12-6-8-13(9-7-12)23-11-10-22-15-5-3-2-4-14(15)21-16(22)17(18,19)20/h2-9H,10-11H2,1H3. The number of rotatable bonds is 4. The molecule has 0 fully saturated rings. The molecule has 1 aromatic heterocycles. The number of imidazole rings is 1. The maximum atomic E-state index is 13.2. The molecule has 0 amide bonds. The molecule has 3 nitrogen and oxygen atoms in total. The fourth-order valence-corrected chi connectivity index (χ4v) is 2.41. The van der Waals surface area contributed by atoms with E-state index in [1.54, 1.807) is 36.4 Å². The minimum Gasteiger partial charge on any atom is -0.492 e. The van der Waals surface area contributed by atoms with Crippen LogP contribution in [0.1, 0.15) is 11.4 Å². The van der Waals surface area contributed by atoms with Crippen LogP contribution in [-0.4, -0.2) is 16.2 Å². The summed E-state index contributed by atoms with van der Waals surface area (Å²) >= 11 is 0. The van der Waals surface area contributed by atoms with Crippen LogP contribution in [0.2, 0.25) is 0 Å². The fraction of sp³-hybridized carbons (Fsp3) is 0.235. The van der Waals surface area contributed by atoms with Gasteiger partial charge < -0.3 is 9.30 Å². The molecule has 0 saturated heterocycles. The molecule has 0 atom stereocenters. The van der Waals surface area contributed by atoms with Gasteiger partial charge in [0.2, 0.25) is 5.82 Å². The Morgan fingerprint density at radius 2 is 1.74 bits per heavy atom. The smallest absolute Gasteiger partial charge is 0.449 e. The summed E-state index contributed by atoms with van der Waals surface area (Å²) in [5.74, 6) is -0.264. The third kappa shape index (κ3) is 3.31. The molecule has 0 aliphatic carbocycles. The number of alkyl halides is 3. The number of aryl methyl sites for hydroxylation is 1. The Balaban J connectivity index is 1.82. The second-order valence-electron chi connectivity index (χ2n) is 5.24. The van der Waals surface area contributed by atoms with Crippen molar-refractivity contribution in [1.82, 2.24) is 9.55 Å². The number of hydrogen-bond acceptors (Lipinski definition) is 2. The van der Waals surface area contributed by atoms with E-state index in [2.05, 4.69) is 4.98 Å². The predicted molar refractivity (Wildman–Crippen MR) is 81.4 cm³/mol. The predicted octanol–water partition coefficient (Wildman–Crippen LogP) is 4.44. The number of fused-ring (bicyclic) bond motifs is 1. The van der Waals surface area contributed by atoms with Crippen LogP contribution in [0.3, 0.4) is 0 Å². The van der Waals surface area contributed by atoms with E-state index in [-0.39, 0.29) is 13.2 Å². The monoisotopic (exact) mass is 320 g/mol. The Bertz CT molecular complexity index is 807. The Morgan fingerprint density at radius 3 is 2.43 bits per heavy atom. The van der Waals surface area contributed by atoms with Crippen molar-refractivity contribution in [2.45, 2.75) is 19.6 Å². The highest BCUT2D eigenvalue weighted by Crippen LogP contribution is 2.31. The SMILES string of the molecule is Cc1ccc(OCCn2c(C(F)(F)F)nc3ccccc32)cc1. The van der Waals surface area contributed by atoms with E-state index in [1.807, 2.05) is 19.1 Å². The minimum atomic E-state index is -4.50. The molecule has 0 bridgehead atoms. The highest BCUT2D eigenvalue weighted by molar-refractivity contribution is 5.76. The van der Waals surface area contributed by atoms with Crippen molar-refractivity contribution < 1.29 is 17.9 Å². The largest absolute Gasteiger partial charge is 0.492 e. The summed E-state index contributed by atoms with van der Waals surface area (Å²) in [4.78, 5) is 3.70. The Morgan fingerprint density at radius 1 is 1.04 bits per heavy atom. The van der Waals surface area contributed by atoms with Crippen molar-refractivity contribution in [2.24, 2.45) is 0 Å². The first kappa shape index (κ1) is 15.4. The van der Waals surface area contributed by atoms with Crippen molar-refractivity contribution >= 4 is 11.0 Å². The van der Waals surface area contributed by atoms with E-state index < -0.39 is 12.0 Å². The van der Waals surface area contributed by atoms with Crippen molar-refractivity contribution in [3.05, 3.63) is 59.9 Å². The van der Waals surface area contributed by atoms with Gasteiger partial charge >= 0.3 is 6.18 Å². The van der Waals surface area contributed by atoms with E-state index in [0.717, 1.165) is 10.1 Å². The molecule has 1 heterocycles. The van der Waals surface area contributed by atoms with Crippen molar-refractivity contribution in [2.75, 3.05) is 6.61 Å². The quantitative estimate of drug-likeness (QED) is 0.710. The summed E-state index contributed by atoms with van der Waals surface area (Å²) in [5, 5.41) is 0. The average molecular weight is 320 g/mol. The van der Waals surface area contributed by atoms with Gasteiger partial charge in [-0.3, -0.25) is 0 Å². The lowest BCUT2D eigenvalue weighted by Gasteiger charge is -2.12. The van der Waals surface area contributed by atoms with Gasteiger partial charge in [0.15, 0.2) is 0 Å². The number of hydrogen-bond donors (Lipinski definition) is 0. The van der Waals surface area contributed by atoms with Crippen LogP contribution in [0.15, 0.2) is 48.5 Å². The molecule has 0 N–H and O–H groups in total. The second-order valence-corrected chi connectivity index (χ2v) is 5.24. The maximum Gasteiger partial charge on any atom is 0.449 e. The molecule has 3 rings (SSSR count). The zero-order valence-electron chi connectivity index (χ0n) is 12.5. The van der Waals surface area contributed by atoms with E-state index >= 15 is 0 Å². The van der Waals surface area contributed by atoms with Crippen LogP contribution in [0, 0.1) is 6.92 Å². The summed E-state index contributed by atoms with van der Waals surface area (Å²) in [6, 6.07) is 13.9. The van der Waals surface area contributed by atoms with Gasteiger partial charge in [-0.25, -0.2) is 4.98 Å². The lowest BCUT2D eigenvalue weighted by atomic mass is 10.2. The summed E-state index contributed by atoms with van der Waals surface area (Å²) in [7, 11) is 0. The second kappa shape index (κ2) is 5.95. The summed E-state index contributed by atoms with van der Waals surface area (Å²) < 4.78 is 46.2. The molecule has 120 valence electrons. The highest BCUT2D eigenvalue weighted by atomic mass is 19.4. The number of aromatic nitrogens is 2. The summed E-state index contributed by atoms with van der Waals surface area (Å²) in [5.41, 5.74) is 1.87. The third-order valence-electron chi connectivity index (χ3n) is 3.51. The molecule has 0 aliphatic heterocycles. The molecule has 0 spiro atoms. The molecule has 0 unspecified atom stereocenters. The van der Waals surface area contributed by atoms with Gasteiger partial charge in [-0.1, -0.05) is 29.8 Å². The maximum absolute atomic E-state index is 13.2. The number of para-hydroxylation sites is 2. The molecule has 0 radical (unpaired) electrons. The van der Waals surface area contributed by atoms with Crippen LogP contribution >= 0.6 is 0 Å². The van der Waals surface area contributed by atoms with E-state index in [0.29, 0.717) is 16.8 Å². The van der Waals surface area contributed by atoms with Crippen molar-refractivity contribution in [3.8, 4) is 5.75 Å².